The largest absolute Gasteiger partial charge is 0.477 e. The van der Waals surface area contributed by atoms with Crippen LogP contribution in [-0.4, -0.2) is 34.7 Å². The molecule has 7 heteroatoms. The van der Waals surface area contributed by atoms with E-state index in [1.807, 2.05) is 6.92 Å². The maximum Gasteiger partial charge on any atom is 0.348 e. The number of aliphatic hydroxyl groups is 1. The average molecular weight is 432 g/mol. The van der Waals surface area contributed by atoms with E-state index in [9.17, 15) is 14.7 Å². The van der Waals surface area contributed by atoms with E-state index in [1.54, 1.807) is 11.0 Å². The van der Waals surface area contributed by atoms with Gasteiger partial charge in [0.1, 0.15) is 4.88 Å². The molecule has 1 atom stereocenters. The van der Waals surface area contributed by atoms with Gasteiger partial charge in [-0.15, -0.1) is 11.3 Å². The number of hydrogen-bond donors (Lipinski definition) is 2. The third-order valence-electron chi connectivity index (χ3n) is 4.96. The Morgan fingerprint density at radius 2 is 2.00 bits per heavy atom. The van der Waals surface area contributed by atoms with Crippen LogP contribution in [-0.2, 0) is 4.79 Å². The van der Waals surface area contributed by atoms with Crippen LogP contribution < -0.4 is 4.90 Å². The number of anilines is 1. The summed E-state index contributed by atoms with van der Waals surface area (Å²) in [6, 6.07) is 1.58. The lowest BCUT2D eigenvalue weighted by molar-refractivity contribution is -0.124. The fraction of sp³-hybridized carbons (Fsp3) is 0.667. The van der Waals surface area contributed by atoms with Gasteiger partial charge in [0.25, 0.3) is 0 Å². The van der Waals surface area contributed by atoms with E-state index in [1.165, 1.54) is 0 Å². The summed E-state index contributed by atoms with van der Waals surface area (Å²) in [5, 5.41) is 18.7. The van der Waals surface area contributed by atoms with E-state index >= 15 is 0 Å². The van der Waals surface area contributed by atoms with E-state index < -0.39 is 5.97 Å². The van der Waals surface area contributed by atoms with Crippen LogP contribution in [0.5, 0.6) is 0 Å². The Hall–Kier alpha value is -0.920. The summed E-state index contributed by atoms with van der Waals surface area (Å²) in [4.78, 5) is 26.7. The van der Waals surface area contributed by atoms with Crippen LogP contribution in [0.4, 0.5) is 5.69 Å². The molecule has 0 aliphatic heterocycles. The summed E-state index contributed by atoms with van der Waals surface area (Å²) in [6.07, 6.45) is 5.01. The highest BCUT2D eigenvalue weighted by Crippen LogP contribution is 2.38. The number of amides is 1. The van der Waals surface area contributed by atoms with Gasteiger partial charge in [-0.3, -0.25) is 4.79 Å². The summed E-state index contributed by atoms with van der Waals surface area (Å²) in [6.45, 7) is 4.20. The molecule has 1 aliphatic carbocycles. The van der Waals surface area contributed by atoms with E-state index in [2.05, 4.69) is 22.9 Å². The molecule has 2 rings (SSSR count). The number of carboxylic acid groups (broad SMARTS) is 1. The van der Waals surface area contributed by atoms with Gasteiger partial charge < -0.3 is 15.1 Å². The number of carbonyl (C=O) groups excluding carboxylic acids is 1. The Kier molecular flexibility index (Phi) is 7.46. The van der Waals surface area contributed by atoms with Gasteiger partial charge >= 0.3 is 5.97 Å². The third kappa shape index (κ3) is 5.05. The van der Waals surface area contributed by atoms with Crippen LogP contribution >= 0.6 is 27.3 Å². The Morgan fingerprint density at radius 1 is 1.36 bits per heavy atom. The SMILES string of the molecule is CC1CCC(C(=O)N(c2cc(Br)sc2C(=O)O)C(C)CCCO)CC1. The van der Waals surface area contributed by atoms with Gasteiger partial charge in [0.05, 0.1) is 9.47 Å². The summed E-state index contributed by atoms with van der Waals surface area (Å²) in [5.74, 6) is -0.400. The van der Waals surface area contributed by atoms with E-state index in [-0.39, 0.29) is 29.4 Å². The zero-order chi connectivity index (χ0) is 18.6. The minimum Gasteiger partial charge on any atom is -0.477 e. The predicted octanol–water partition coefficient (Wildman–Crippen LogP) is 4.53. The molecule has 0 spiro atoms. The highest BCUT2D eigenvalue weighted by molar-refractivity contribution is 9.11. The molecule has 1 fully saturated rings. The minimum absolute atomic E-state index is 0.0186. The molecule has 5 nitrogen and oxygen atoms in total. The summed E-state index contributed by atoms with van der Waals surface area (Å²) >= 11 is 4.48. The lowest BCUT2D eigenvalue weighted by Gasteiger charge is -2.34. The monoisotopic (exact) mass is 431 g/mol. The van der Waals surface area contributed by atoms with Gasteiger partial charge in [0, 0.05) is 18.6 Å². The maximum atomic E-state index is 13.3. The fourth-order valence-electron chi connectivity index (χ4n) is 3.48. The van der Waals surface area contributed by atoms with Gasteiger partial charge in [-0.05, 0) is 73.4 Å². The number of halogens is 1. The number of thiophene rings is 1. The molecule has 1 aliphatic rings. The summed E-state index contributed by atoms with van der Waals surface area (Å²) < 4.78 is 0.698. The minimum atomic E-state index is -1.02. The van der Waals surface area contributed by atoms with Crippen molar-refractivity contribution in [3.8, 4) is 0 Å². The van der Waals surface area contributed by atoms with Crippen molar-refractivity contribution in [2.24, 2.45) is 11.8 Å². The predicted molar refractivity (Wildman–Crippen MR) is 103 cm³/mol. The van der Waals surface area contributed by atoms with Gasteiger partial charge in [-0.25, -0.2) is 4.79 Å². The maximum absolute atomic E-state index is 13.3. The molecule has 1 aromatic heterocycles. The lowest BCUT2D eigenvalue weighted by Crippen LogP contribution is -2.44. The van der Waals surface area contributed by atoms with Crippen molar-refractivity contribution in [3.05, 3.63) is 14.7 Å². The molecule has 1 saturated carbocycles. The first-order valence-corrected chi connectivity index (χ1v) is 10.4. The molecule has 0 radical (unpaired) electrons. The second-order valence-corrected chi connectivity index (χ2v) is 9.38. The van der Waals surface area contributed by atoms with Gasteiger partial charge in [0.2, 0.25) is 5.91 Å². The summed E-state index contributed by atoms with van der Waals surface area (Å²) in [5.41, 5.74) is 0.471. The second kappa shape index (κ2) is 9.14. The quantitative estimate of drug-likeness (QED) is 0.664. The van der Waals surface area contributed by atoms with Crippen LogP contribution in [0.15, 0.2) is 9.85 Å². The van der Waals surface area contributed by atoms with Crippen molar-refractivity contribution in [3.63, 3.8) is 0 Å². The smallest absolute Gasteiger partial charge is 0.348 e. The number of aliphatic hydroxyl groups excluding tert-OH is 1. The van der Waals surface area contributed by atoms with Crippen molar-refractivity contribution in [1.82, 2.24) is 0 Å². The molecule has 140 valence electrons. The number of rotatable bonds is 7. The van der Waals surface area contributed by atoms with Crippen molar-refractivity contribution < 1.29 is 19.8 Å². The fourth-order valence-corrected chi connectivity index (χ4v) is 4.89. The lowest BCUT2D eigenvalue weighted by atomic mass is 9.82. The van der Waals surface area contributed by atoms with E-state index in [4.69, 9.17) is 5.11 Å². The van der Waals surface area contributed by atoms with Crippen LogP contribution in [0.1, 0.15) is 62.0 Å². The van der Waals surface area contributed by atoms with E-state index in [0.717, 1.165) is 37.0 Å². The molecular formula is C18H26BrNO4S. The topological polar surface area (TPSA) is 77.8 Å². The number of carboxylic acids is 1. The number of carbonyl (C=O) groups is 2. The highest BCUT2D eigenvalue weighted by atomic mass is 79.9. The Bertz CT molecular complexity index is 610. The molecular weight excluding hydrogens is 406 g/mol. The number of aromatic carboxylic acids is 1. The molecule has 0 saturated heterocycles. The molecule has 0 aromatic carbocycles. The van der Waals surface area contributed by atoms with Crippen LogP contribution in [0, 0.1) is 11.8 Å². The first-order valence-electron chi connectivity index (χ1n) is 8.81. The number of hydrogen-bond acceptors (Lipinski definition) is 4. The standard InChI is InChI=1S/C18H26BrNO4S/c1-11-5-7-13(8-6-11)17(22)20(12(2)4-3-9-21)14-10-15(19)25-16(14)18(23)24/h10-13,21H,3-9H2,1-2H3,(H,23,24). The first-order chi connectivity index (χ1) is 11.8. The summed E-state index contributed by atoms with van der Waals surface area (Å²) in [7, 11) is 0. The molecule has 25 heavy (non-hydrogen) atoms. The Labute approximate surface area is 161 Å². The van der Waals surface area contributed by atoms with Gasteiger partial charge in [0.15, 0.2) is 0 Å². The zero-order valence-electron chi connectivity index (χ0n) is 14.7. The first kappa shape index (κ1) is 20.4. The molecule has 2 N–H and O–H groups in total. The average Bonchev–Trinajstić information content (AvgIpc) is 2.95. The molecule has 0 bridgehead atoms. The van der Waals surface area contributed by atoms with Crippen molar-refractivity contribution in [2.75, 3.05) is 11.5 Å². The van der Waals surface area contributed by atoms with Crippen LogP contribution in [0.3, 0.4) is 0 Å². The van der Waals surface area contributed by atoms with E-state index in [0.29, 0.717) is 28.2 Å². The number of nitrogens with zero attached hydrogens (tertiary/aromatic N) is 1. The van der Waals surface area contributed by atoms with Crippen LogP contribution in [0.2, 0.25) is 0 Å². The van der Waals surface area contributed by atoms with Crippen molar-refractivity contribution in [1.29, 1.82) is 0 Å². The van der Waals surface area contributed by atoms with Crippen molar-refractivity contribution >= 4 is 44.8 Å². The zero-order valence-corrected chi connectivity index (χ0v) is 17.1. The molecule has 1 heterocycles. The Balaban J connectivity index is 2.33. The molecule has 1 amide bonds. The van der Waals surface area contributed by atoms with Crippen LogP contribution in [0.25, 0.3) is 0 Å². The highest BCUT2D eigenvalue weighted by Gasteiger charge is 2.34. The Morgan fingerprint density at radius 3 is 2.56 bits per heavy atom. The van der Waals surface area contributed by atoms with Gasteiger partial charge in [-0.2, -0.15) is 0 Å². The van der Waals surface area contributed by atoms with Gasteiger partial charge in [-0.1, -0.05) is 6.92 Å². The second-order valence-electron chi connectivity index (χ2n) is 6.95. The third-order valence-corrected chi connectivity index (χ3v) is 6.57. The normalized spacial score (nSPS) is 21.8. The molecule has 1 unspecified atom stereocenters. The molecule has 1 aromatic rings. The van der Waals surface area contributed by atoms with Crippen molar-refractivity contribution in [2.45, 2.75) is 58.4 Å².